The molecule has 0 spiro atoms. The van der Waals surface area contributed by atoms with Crippen LogP contribution in [0.4, 0.5) is 0 Å². The van der Waals surface area contributed by atoms with Crippen molar-refractivity contribution in [2.75, 3.05) is 27.4 Å². The van der Waals surface area contributed by atoms with Gasteiger partial charge in [-0.05, 0) is 0 Å². The molecule has 0 bridgehead atoms. The molecule has 3 rings (SSSR count). The van der Waals surface area contributed by atoms with Crippen LogP contribution in [0.5, 0.6) is 0 Å². The molecule has 13 N–H and O–H groups in total. The lowest BCUT2D eigenvalue weighted by atomic mass is 9.96. The molecule has 17 heteroatoms. The fourth-order valence-electron chi connectivity index (χ4n) is 3.90. The number of rotatable bonds is 6. The number of methoxy groups -OCH3 is 2. The first kappa shape index (κ1) is 32.0. The van der Waals surface area contributed by atoms with Gasteiger partial charge in [-0.1, -0.05) is 0 Å². The van der Waals surface area contributed by atoms with Crippen LogP contribution < -0.4 is 11.5 Å². The van der Waals surface area contributed by atoms with Gasteiger partial charge in [0.2, 0.25) is 18.9 Å². The third kappa shape index (κ3) is 7.24. The van der Waals surface area contributed by atoms with E-state index in [2.05, 4.69) is 10.5 Å². The predicted molar refractivity (Wildman–Crippen MR) is 115 cm³/mol. The summed E-state index contributed by atoms with van der Waals surface area (Å²) in [6.45, 7) is 0.336. The van der Waals surface area contributed by atoms with Gasteiger partial charge in [0.1, 0.15) is 48.8 Å². The number of ether oxygens (including phenoxy) is 6. The van der Waals surface area contributed by atoms with E-state index in [1.54, 1.807) is 0 Å². The zero-order chi connectivity index (χ0) is 28.0. The molecule has 3 saturated heterocycles. The fourth-order valence-corrected chi connectivity index (χ4v) is 3.90. The monoisotopic (exact) mass is 546 g/mol. The summed E-state index contributed by atoms with van der Waals surface area (Å²) in [4.78, 5) is 11.7. The van der Waals surface area contributed by atoms with Crippen LogP contribution in [-0.4, -0.2) is 160 Å². The highest BCUT2D eigenvalue weighted by molar-refractivity contribution is 5.75. The average molecular weight is 547 g/mol. The number of esters is 1. The molecule has 17 nitrogen and oxygen atoms in total. The quantitative estimate of drug-likeness (QED) is 0.109. The van der Waals surface area contributed by atoms with Crippen molar-refractivity contribution in [1.29, 1.82) is 0 Å². The molecule has 37 heavy (non-hydrogen) atoms. The van der Waals surface area contributed by atoms with Crippen molar-refractivity contribution in [2.24, 2.45) is 5.73 Å². The smallest absolute Gasteiger partial charge is 0.337 e. The summed E-state index contributed by atoms with van der Waals surface area (Å²) in [6, 6.07) is -1.48. The zero-order valence-electron chi connectivity index (χ0n) is 20.3. The number of aliphatic hydroxyl groups excluding tert-OH is 8. The van der Waals surface area contributed by atoms with Crippen LogP contribution in [-0.2, 0) is 33.2 Å². The lowest BCUT2D eigenvalue weighted by molar-refractivity contribution is -0.504. The van der Waals surface area contributed by atoms with Crippen molar-refractivity contribution in [3.05, 3.63) is 6.61 Å². The molecule has 0 aliphatic carbocycles. The molecule has 0 amide bonds. The Labute approximate surface area is 212 Å². The maximum absolute atomic E-state index is 11.7. The van der Waals surface area contributed by atoms with Crippen LogP contribution in [0.2, 0.25) is 0 Å². The van der Waals surface area contributed by atoms with Gasteiger partial charge < -0.3 is 70.3 Å². The minimum absolute atomic E-state index is 0.332. The number of hydrogen-bond donors (Lipinski definition) is 10. The molecule has 0 radical (unpaired) electrons. The third-order valence-corrected chi connectivity index (χ3v) is 6.22. The van der Waals surface area contributed by atoms with Crippen LogP contribution in [0.1, 0.15) is 0 Å². The number of quaternary nitrogens is 1. The maximum Gasteiger partial charge on any atom is 0.337 e. The normalized spacial score (nSPS) is 46.3. The first-order valence-corrected chi connectivity index (χ1v) is 11.4. The summed E-state index contributed by atoms with van der Waals surface area (Å²) in [6.07, 6.45) is -15.8. The Balaban J connectivity index is 0.000000364. The zero-order valence-corrected chi connectivity index (χ0v) is 20.3. The van der Waals surface area contributed by atoms with Crippen molar-refractivity contribution < 1.29 is 79.8 Å². The van der Waals surface area contributed by atoms with E-state index in [1.807, 2.05) is 0 Å². The Morgan fingerprint density at radius 1 is 0.865 bits per heavy atom. The Morgan fingerprint density at radius 2 is 1.49 bits per heavy atom. The number of aliphatic hydroxyl groups is 8. The minimum Gasteiger partial charge on any atom is -0.467 e. The molecule has 3 aliphatic heterocycles. The van der Waals surface area contributed by atoms with E-state index in [1.165, 1.54) is 13.7 Å². The minimum atomic E-state index is -1.77. The van der Waals surface area contributed by atoms with Gasteiger partial charge in [-0.2, -0.15) is 4.74 Å². The van der Waals surface area contributed by atoms with E-state index in [0.29, 0.717) is 0 Å². The van der Waals surface area contributed by atoms with Crippen LogP contribution in [0.3, 0.4) is 0 Å². The molecule has 0 aromatic rings. The van der Waals surface area contributed by atoms with E-state index in [4.69, 9.17) is 39.6 Å². The van der Waals surface area contributed by atoms with E-state index >= 15 is 0 Å². The molecule has 3 aliphatic rings. The standard InChI is InChI=1S/C14H25NO11.C6H12NO4/c1-22-12(21)11-8(19)7(18)9(20)14(26-11)25-10-4(3-16)24-13(23-2)5(15)6(10)17;7-3-2-11-4(1-8)6(10)5(3)9/h4-11,13-14,16-20H,3,15H2,1-2H3;2-6,8-10H,1,7H2/q;+1/p+1. The second-order valence-corrected chi connectivity index (χ2v) is 8.69. The largest absolute Gasteiger partial charge is 0.467 e. The molecule has 0 aromatic heterocycles. The van der Waals surface area contributed by atoms with Crippen LogP contribution in [0.25, 0.3) is 0 Å². The summed E-state index contributed by atoms with van der Waals surface area (Å²) in [7, 11) is 2.41. The first-order chi connectivity index (χ1) is 17.4. The molecule has 216 valence electrons. The Hall–Kier alpha value is -1.26. The van der Waals surface area contributed by atoms with Gasteiger partial charge in [0.25, 0.3) is 0 Å². The average Bonchev–Trinajstić information content (AvgIpc) is 2.90. The lowest BCUT2D eigenvalue weighted by Gasteiger charge is -2.44. The van der Waals surface area contributed by atoms with Gasteiger partial charge in [-0.15, -0.1) is 0 Å². The SMILES string of the molecule is COC(=O)C1OC(OC2C(CO)OC(OC)C([NH3+])C2O)C(O)C(O)C1O.NC1[CH+]OC(CO)C(O)C1O. The highest BCUT2D eigenvalue weighted by atomic mass is 16.7. The molecule has 3 heterocycles. The van der Waals surface area contributed by atoms with Gasteiger partial charge in [0.15, 0.2) is 24.5 Å². The topological polar surface area (TPSA) is 288 Å². The Bertz CT molecular complexity index is 703. The highest BCUT2D eigenvalue weighted by Gasteiger charge is 2.52. The Kier molecular flexibility index (Phi) is 12.3. The summed E-state index contributed by atoms with van der Waals surface area (Å²) < 4.78 is 30.5. The maximum atomic E-state index is 11.7. The summed E-state index contributed by atoms with van der Waals surface area (Å²) >= 11 is 0. The van der Waals surface area contributed by atoms with E-state index < -0.39 is 98.3 Å². The lowest BCUT2D eigenvalue weighted by Crippen LogP contribution is -2.78. The Morgan fingerprint density at radius 3 is 2.03 bits per heavy atom. The van der Waals surface area contributed by atoms with Gasteiger partial charge in [0.05, 0.1) is 20.3 Å². The van der Waals surface area contributed by atoms with Crippen molar-refractivity contribution in [2.45, 2.75) is 85.7 Å². The highest BCUT2D eigenvalue weighted by Crippen LogP contribution is 2.28. The van der Waals surface area contributed by atoms with E-state index in [0.717, 1.165) is 7.11 Å². The second kappa shape index (κ2) is 14.2. The molecular formula is C20H38N2O15+2. The molecule has 14 unspecified atom stereocenters. The summed E-state index contributed by atoms with van der Waals surface area (Å²) in [5, 5.41) is 76.7. The third-order valence-electron chi connectivity index (χ3n) is 6.22. The fraction of sp³-hybridized carbons (Fsp3) is 0.900. The van der Waals surface area contributed by atoms with Gasteiger partial charge in [-0.3, -0.25) is 5.73 Å². The molecule has 14 atom stereocenters. The predicted octanol–water partition coefficient (Wildman–Crippen LogP) is -7.72. The number of nitrogens with two attached hydrogens (primary N) is 1. The van der Waals surface area contributed by atoms with Crippen molar-refractivity contribution in [1.82, 2.24) is 0 Å². The first-order valence-electron chi connectivity index (χ1n) is 11.4. The van der Waals surface area contributed by atoms with Gasteiger partial charge >= 0.3 is 5.97 Å². The van der Waals surface area contributed by atoms with Crippen molar-refractivity contribution in [3.8, 4) is 0 Å². The van der Waals surface area contributed by atoms with E-state index in [-0.39, 0.29) is 6.61 Å². The molecular weight excluding hydrogens is 508 g/mol. The van der Waals surface area contributed by atoms with Crippen LogP contribution in [0, 0.1) is 6.61 Å². The van der Waals surface area contributed by atoms with Gasteiger partial charge in [-0.25, -0.2) is 4.79 Å². The van der Waals surface area contributed by atoms with Crippen LogP contribution >= 0.6 is 0 Å². The summed E-state index contributed by atoms with van der Waals surface area (Å²) in [5.74, 6) is -0.981. The van der Waals surface area contributed by atoms with Crippen molar-refractivity contribution >= 4 is 5.97 Å². The number of carbonyl (C=O) groups excluding carboxylic acids is 1. The molecule has 3 fully saturated rings. The molecule has 0 saturated carbocycles. The molecule has 0 aromatic carbocycles. The summed E-state index contributed by atoms with van der Waals surface area (Å²) in [5.41, 5.74) is 9.03. The van der Waals surface area contributed by atoms with Gasteiger partial charge in [0, 0.05) is 7.11 Å². The number of carbonyl (C=O) groups is 1. The number of hydrogen-bond acceptors (Lipinski definition) is 16. The van der Waals surface area contributed by atoms with Crippen LogP contribution in [0.15, 0.2) is 0 Å². The van der Waals surface area contributed by atoms with E-state index in [9.17, 15) is 35.4 Å². The second-order valence-electron chi connectivity index (χ2n) is 8.69. The van der Waals surface area contributed by atoms with Crippen molar-refractivity contribution in [3.63, 3.8) is 0 Å².